The first-order chi connectivity index (χ1) is 8.45. The predicted octanol–water partition coefficient (Wildman–Crippen LogP) is 2.16. The molecule has 0 atom stereocenters. The van der Waals surface area contributed by atoms with Gasteiger partial charge in [-0.1, -0.05) is 23.7 Å². The normalized spacial score (nSPS) is 16.1. The van der Waals surface area contributed by atoms with E-state index in [1.165, 1.54) is 4.90 Å². The Balaban J connectivity index is 2.04. The second-order valence-electron chi connectivity index (χ2n) is 4.67. The van der Waals surface area contributed by atoms with E-state index in [-0.39, 0.29) is 5.91 Å². The number of nitrogens with zero attached hydrogens (tertiary/aromatic N) is 1. The van der Waals surface area contributed by atoms with Crippen LogP contribution in [-0.2, 0) is 16.1 Å². The molecule has 0 bridgehead atoms. The van der Waals surface area contributed by atoms with Crippen LogP contribution in [0.4, 0.5) is 0 Å². The Morgan fingerprint density at radius 3 is 2.33 bits per heavy atom. The highest BCUT2D eigenvalue weighted by molar-refractivity contribution is 6.30. The zero-order valence-electron chi connectivity index (χ0n) is 10.0. The maximum atomic E-state index is 12.1. The van der Waals surface area contributed by atoms with Crippen molar-refractivity contribution in [3.63, 3.8) is 0 Å². The largest absolute Gasteiger partial charge is 0.480 e. The second-order valence-corrected chi connectivity index (χ2v) is 5.11. The van der Waals surface area contributed by atoms with Crippen LogP contribution in [0.15, 0.2) is 24.3 Å². The summed E-state index contributed by atoms with van der Waals surface area (Å²) in [5, 5.41) is 9.70. The van der Waals surface area contributed by atoms with Crippen molar-refractivity contribution in [2.45, 2.75) is 19.4 Å². The minimum absolute atomic E-state index is 0.315. The average Bonchev–Trinajstić information content (AvgIpc) is 3.12. The van der Waals surface area contributed by atoms with E-state index in [4.69, 9.17) is 16.7 Å². The van der Waals surface area contributed by atoms with Crippen molar-refractivity contribution in [2.75, 3.05) is 7.05 Å². The molecule has 1 N–H and O–H groups in total. The molecule has 0 unspecified atom stereocenters. The van der Waals surface area contributed by atoms with Crippen molar-refractivity contribution in [2.24, 2.45) is 5.41 Å². The Labute approximate surface area is 110 Å². The molecule has 96 valence electrons. The molecule has 2 rings (SSSR count). The molecule has 0 radical (unpaired) electrons. The fourth-order valence-electron chi connectivity index (χ4n) is 1.95. The van der Waals surface area contributed by atoms with Crippen LogP contribution in [0.2, 0.25) is 5.02 Å². The number of hydrogen-bond acceptors (Lipinski definition) is 2. The standard InChI is InChI=1S/C13H14ClNO3/c1-15(8-9-2-4-10(14)5-3-9)11(16)13(6-7-13)12(17)18/h2-5H,6-8H2,1H3,(H,17,18). The van der Waals surface area contributed by atoms with Crippen molar-refractivity contribution < 1.29 is 14.7 Å². The van der Waals surface area contributed by atoms with Gasteiger partial charge in [0.2, 0.25) is 5.91 Å². The van der Waals surface area contributed by atoms with E-state index in [0.717, 1.165) is 5.56 Å². The number of carboxylic acid groups (broad SMARTS) is 1. The highest BCUT2D eigenvalue weighted by Gasteiger charge is 2.58. The van der Waals surface area contributed by atoms with E-state index in [9.17, 15) is 9.59 Å². The molecule has 18 heavy (non-hydrogen) atoms. The van der Waals surface area contributed by atoms with Gasteiger partial charge >= 0.3 is 5.97 Å². The van der Waals surface area contributed by atoms with Gasteiger partial charge in [0.1, 0.15) is 5.41 Å². The van der Waals surface area contributed by atoms with E-state index in [2.05, 4.69) is 0 Å². The van der Waals surface area contributed by atoms with Crippen LogP contribution in [0.1, 0.15) is 18.4 Å². The van der Waals surface area contributed by atoms with E-state index in [1.807, 2.05) is 12.1 Å². The van der Waals surface area contributed by atoms with Crippen molar-refractivity contribution in [3.8, 4) is 0 Å². The molecule has 1 aromatic rings. The monoisotopic (exact) mass is 267 g/mol. The first-order valence-corrected chi connectivity index (χ1v) is 6.07. The van der Waals surface area contributed by atoms with Crippen molar-refractivity contribution in [1.29, 1.82) is 0 Å². The lowest BCUT2D eigenvalue weighted by Crippen LogP contribution is -2.38. The molecule has 4 nitrogen and oxygen atoms in total. The van der Waals surface area contributed by atoms with Gasteiger partial charge in [0, 0.05) is 18.6 Å². The Hall–Kier alpha value is -1.55. The summed E-state index contributed by atoms with van der Waals surface area (Å²) in [6.07, 6.45) is 0.873. The molecule has 0 saturated heterocycles. The zero-order chi connectivity index (χ0) is 13.3. The molecule has 1 saturated carbocycles. The summed E-state index contributed by atoms with van der Waals surface area (Å²) >= 11 is 5.78. The molecule has 1 aliphatic carbocycles. The summed E-state index contributed by atoms with van der Waals surface area (Å²) in [5.74, 6) is -1.33. The van der Waals surface area contributed by atoms with Crippen LogP contribution in [0.25, 0.3) is 0 Å². The lowest BCUT2D eigenvalue weighted by atomic mass is 10.1. The molecular weight excluding hydrogens is 254 g/mol. The minimum atomic E-state index is -1.17. The van der Waals surface area contributed by atoms with Gasteiger partial charge in [-0.25, -0.2) is 0 Å². The number of carbonyl (C=O) groups excluding carboxylic acids is 1. The number of aliphatic carboxylic acids is 1. The molecule has 1 aliphatic rings. The summed E-state index contributed by atoms with van der Waals surface area (Å²) in [6.45, 7) is 0.394. The third-order valence-corrected chi connectivity index (χ3v) is 3.50. The number of benzene rings is 1. The first kappa shape index (κ1) is 12.9. The topological polar surface area (TPSA) is 57.6 Å². The fourth-order valence-corrected chi connectivity index (χ4v) is 2.07. The minimum Gasteiger partial charge on any atom is -0.480 e. The summed E-state index contributed by atoms with van der Waals surface area (Å²) in [7, 11) is 1.62. The molecule has 1 amide bonds. The van der Waals surface area contributed by atoms with Crippen LogP contribution < -0.4 is 0 Å². The quantitative estimate of drug-likeness (QED) is 0.851. The van der Waals surface area contributed by atoms with Crippen LogP contribution in [-0.4, -0.2) is 28.9 Å². The number of halogens is 1. The maximum Gasteiger partial charge on any atom is 0.319 e. The molecule has 1 aromatic carbocycles. The lowest BCUT2D eigenvalue weighted by Gasteiger charge is -2.21. The molecule has 0 spiro atoms. The van der Waals surface area contributed by atoms with E-state index >= 15 is 0 Å². The fraction of sp³-hybridized carbons (Fsp3) is 0.385. The SMILES string of the molecule is CN(Cc1ccc(Cl)cc1)C(=O)C1(C(=O)O)CC1. The third-order valence-electron chi connectivity index (χ3n) is 3.25. The van der Waals surface area contributed by atoms with E-state index in [0.29, 0.717) is 24.4 Å². The zero-order valence-corrected chi connectivity index (χ0v) is 10.8. The maximum absolute atomic E-state index is 12.1. The summed E-state index contributed by atoms with van der Waals surface area (Å²) < 4.78 is 0. The Bertz CT molecular complexity index is 480. The third kappa shape index (κ3) is 2.34. The highest BCUT2D eigenvalue weighted by atomic mass is 35.5. The molecule has 0 heterocycles. The Kier molecular flexibility index (Phi) is 3.30. The van der Waals surface area contributed by atoms with Crippen LogP contribution in [0, 0.1) is 5.41 Å². The van der Waals surface area contributed by atoms with Gasteiger partial charge in [0.25, 0.3) is 0 Å². The molecule has 1 fully saturated rings. The second kappa shape index (κ2) is 4.61. The summed E-state index contributed by atoms with van der Waals surface area (Å²) in [4.78, 5) is 24.6. The Morgan fingerprint density at radius 2 is 1.89 bits per heavy atom. The number of rotatable bonds is 4. The van der Waals surface area contributed by atoms with Crippen LogP contribution in [0.5, 0.6) is 0 Å². The molecule has 0 aromatic heterocycles. The first-order valence-electron chi connectivity index (χ1n) is 5.69. The van der Waals surface area contributed by atoms with Gasteiger partial charge < -0.3 is 10.0 Å². The van der Waals surface area contributed by atoms with Crippen molar-refractivity contribution in [3.05, 3.63) is 34.9 Å². The van der Waals surface area contributed by atoms with Gasteiger partial charge in [-0.05, 0) is 30.5 Å². The number of hydrogen-bond donors (Lipinski definition) is 1. The van der Waals surface area contributed by atoms with Crippen LogP contribution in [0.3, 0.4) is 0 Å². The van der Waals surface area contributed by atoms with Gasteiger partial charge in [0.15, 0.2) is 0 Å². The van der Waals surface area contributed by atoms with Crippen molar-refractivity contribution >= 4 is 23.5 Å². The average molecular weight is 268 g/mol. The smallest absolute Gasteiger partial charge is 0.319 e. The summed E-state index contributed by atoms with van der Waals surface area (Å²) in [5.41, 5.74) is -0.238. The molecule has 5 heteroatoms. The van der Waals surface area contributed by atoms with Crippen LogP contribution >= 0.6 is 11.6 Å². The molecule has 0 aliphatic heterocycles. The van der Waals surface area contributed by atoms with E-state index in [1.54, 1.807) is 19.2 Å². The predicted molar refractivity (Wildman–Crippen MR) is 67.2 cm³/mol. The number of carbonyl (C=O) groups is 2. The molecular formula is C13H14ClNO3. The van der Waals surface area contributed by atoms with Crippen molar-refractivity contribution in [1.82, 2.24) is 4.90 Å². The lowest BCUT2D eigenvalue weighted by molar-refractivity contribution is -0.153. The van der Waals surface area contributed by atoms with E-state index < -0.39 is 11.4 Å². The Morgan fingerprint density at radius 1 is 1.33 bits per heavy atom. The van der Waals surface area contributed by atoms with Gasteiger partial charge in [0.05, 0.1) is 0 Å². The van der Waals surface area contributed by atoms with Gasteiger partial charge in [-0.15, -0.1) is 0 Å². The van der Waals surface area contributed by atoms with Gasteiger partial charge in [-0.3, -0.25) is 9.59 Å². The number of carboxylic acids is 1. The summed E-state index contributed by atoms with van der Waals surface area (Å²) in [6, 6.07) is 7.15. The highest BCUT2D eigenvalue weighted by Crippen LogP contribution is 2.47. The van der Waals surface area contributed by atoms with Gasteiger partial charge in [-0.2, -0.15) is 0 Å². The number of amides is 1.